The number of fused-ring (bicyclic) bond motifs is 1. The Morgan fingerprint density at radius 1 is 1.35 bits per heavy atom. The molecule has 1 fully saturated rings. The van der Waals surface area contributed by atoms with Gasteiger partial charge in [0.2, 0.25) is 11.9 Å². The number of H-pyrrole nitrogens is 1. The fraction of sp³-hybridized carbons (Fsp3) is 0.429. The minimum atomic E-state index is -0.777. The SMILES string of the molecule is NC1(C(=O)Nc2nc3c(Cl)cccc3[nH]2)CCCCC1. The highest BCUT2D eigenvalue weighted by Gasteiger charge is 2.35. The number of anilines is 1. The number of amides is 1. The Bertz CT molecular complexity index is 646. The number of carbonyl (C=O) groups is 1. The quantitative estimate of drug-likeness (QED) is 0.796. The molecule has 1 heterocycles. The molecule has 1 saturated carbocycles. The van der Waals surface area contributed by atoms with Crippen molar-refractivity contribution in [2.24, 2.45) is 5.73 Å². The number of hydrogen-bond donors (Lipinski definition) is 3. The van der Waals surface area contributed by atoms with E-state index in [-0.39, 0.29) is 5.91 Å². The van der Waals surface area contributed by atoms with E-state index in [2.05, 4.69) is 15.3 Å². The van der Waals surface area contributed by atoms with Gasteiger partial charge in [0.25, 0.3) is 0 Å². The van der Waals surface area contributed by atoms with Crippen molar-refractivity contribution in [3.63, 3.8) is 0 Å². The number of nitrogens with one attached hydrogen (secondary N) is 2. The molecule has 0 spiro atoms. The van der Waals surface area contributed by atoms with E-state index in [1.165, 1.54) is 0 Å². The number of hydrogen-bond acceptors (Lipinski definition) is 3. The van der Waals surface area contributed by atoms with Gasteiger partial charge in [-0.2, -0.15) is 0 Å². The number of benzene rings is 1. The molecule has 0 unspecified atom stereocenters. The van der Waals surface area contributed by atoms with Crippen LogP contribution in [0.25, 0.3) is 11.0 Å². The predicted octanol–water partition coefficient (Wildman–Crippen LogP) is 2.82. The Hall–Kier alpha value is -1.59. The number of imidazole rings is 1. The van der Waals surface area contributed by atoms with Crippen LogP contribution in [-0.2, 0) is 4.79 Å². The van der Waals surface area contributed by atoms with Crippen LogP contribution in [0.5, 0.6) is 0 Å². The first kappa shape index (κ1) is 13.4. The largest absolute Gasteiger partial charge is 0.324 e. The molecule has 1 amide bonds. The van der Waals surface area contributed by atoms with Crippen LogP contribution >= 0.6 is 11.6 Å². The maximum Gasteiger partial charge on any atom is 0.246 e. The fourth-order valence-electron chi connectivity index (χ4n) is 2.70. The van der Waals surface area contributed by atoms with E-state index in [1.54, 1.807) is 6.07 Å². The van der Waals surface area contributed by atoms with Crippen LogP contribution < -0.4 is 11.1 Å². The van der Waals surface area contributed by atoms with Gasteiger partial charge in [0.15, 0.2) is 0 Å². The van der Waals surface area contributed by atoms with Gasteiger partial charge in [0.05, 0.1) is 16.1 Å². The second-order valence-corrected chi connectivity index (χ2v) is 5.80. The van der Waals surface area contributed by atoms with Crippen molar-refractivity contribution in [3.05, 3.63) is 23.2 Å². The van der Waals surface area contributed by atoms with Crippen LogP contribution in [0.3, 0.4) is 0 Å². The minimum Gasteiger partial charge on any atom is -0.324 e. The molecule has 0 aliphatic heterocycles. The number of nitrogens with zero attached hydrogens (tertiary/aromatic N) is 1. The van der Waals surface area contributed by atoms with Crippen LogP contribution in [-0.4, -0.2) is 21.4 Å². The lowest BCUT2D eigenvalue weighted by Gasteiger charge is -2.31. The summed E-state index contributed by atoms with van der Waals surface area (Å²) in [4.78, 5) is 19.7. The first-order chi connectivity index (χ1) is 9.58. The Morgan fingerprint density at radius 3 is 2.80 bits per heavy atom. The van der Waals surface area contributed by atoms with Crippen molar-refractivity contribution in [1.82, 2.24) is 9.97 Å². The number of rotatable bonds is 2. The van der Waals surface area contributed by atoms with E-state index in [9.17, 15) is 4.79 Å². The first-order valence-electron chi connectivity index (χ1n) is 6.83. The highest BCUT2D eigenvalue weighted by atomic mass is 35.5. The summed E-state index contributed by atoms with van der Waals surface area (Å²) >= 11 is 6.06. The molecule has 20 heavy (non-hydrogen) atoms. The van der Waals surface area contributed by atoms with E-state index in [1.807, 2.05) is 12.1 Å². The highest BCUT2D eigenvalue weighted by Crippen LogP contribution is 2.28. The zero-order valence-electron chi connectivity index (χ0n) is 11.1. The van der Waals surface area contributed by atoms with Gasteiger partial charge in [-0.3, -0.25) is 10.1 Å². The summed E-state index contributed by atoms with van der Waals surface area (Å²) in [5, 5.41) is 3.33. The summed E-state index contributed by atoms with van der Waals surface area (Å²) in [6.45, 7) is 0. The summed E-state index contributed by atoms with van der Waals surface area (Å²) < 4.78 is 0. The number of carbonyl (C=O) groups excluding carboxylic acids is 1. The molecule has 1 aliphatic rings. The zero-order chi connectivity index (χ0) is 14.2. The molecule has 0 radical (unpaired) electrons. The maximum absolute atomic E-state index is 12.3. The molecule has 1 aromatic carbocycles. The molecule has 106 valence electrons. The molecular weight excluding hydrogens is 276 g/mol. The van der Waals surface area contributed by atoms with Crippen LogP contribution in [0.2, 0.25) is 5.02 Å². The van der Waals surface area contributed by atoms with Gasteiger partial charge in [0, 0.05) is 0 Å². The molecule has 0 saturated heterocycles. The highest BCUT2D eigenvalue weighted by molar-refractivity contribution is 6.35. The Labute approximate surface area is 121 Å². The molecule has 1 aliphatic carbocycles. The maximum atomic E-state index is 12.3. The van der Waals surface area contributed by atoms with Gasteiger partial charge in [-0.15, -0.1) is 0 Å². The summed E-state index contributed by atoms with van der Waals surface area (Å²) in [6, 6.07) is 5.46. The lowest BCUT2D eigenvalue weighted by molar-refractivity contribution is -0.122. The van der Waals surface area contributed by atoms with E-state index in [0.717, 1.165) is 37.6 Å². The standard InChI is InChI=1S/C14H17ClN4O/c15-9-5-4-6-10-11(9)18-13(17-10)19-12(20)14(16)7-2-1-3-8-14/h4-6H,1-3,7-8,16H2,(H2,17,18,19,20). The second-order valence-electron chi connectivity index (χ2n) is 5.39. The first-order valence-corrected chi connectivity index (χ1v) is 7.21. The molecule has 4 N–H and O–H groups in total. The third-order valence-corrected chi connectivity index (χ3v) is 4.20. The van der Waals surface area contributed by atoms with Crippen LogP contribution in [0.4, 0.5) is 5.95 Å². The van der Waals surface area contributed by atoms with Crippen molar-refractivity contribution >= 4 is 34.5 Å². The van der Waals surface area contributed by atoms with Gasteiger partial charge < -0.3 is 10.7 Å². The van der Waals surface area contributed by atoms with Gasteiger partial charge in [-0.1, -0.05) is 36.9 Å². The van der Waals surface area contributed by atoms with Gasteiger partial charge in [-0.25, -0.2) is 4.98 Å². The molecule has 6 heteroatoms. The summed E-state index contributed by atoms with van der Waals surface area (Å²) in [5.74, 6) is 0.223. The van der Waals surface area contributed by atoms with E-state index in [4.69, 9.17) is 17.3 Å². The number of halogens is 1. The van der Waals surface area contributed by atoms with Gasteiger partial charge >= 0.3 is 0 Å². The molecule has 3 rings (SSSR count). The monoisotopic (exact) mass is 292 g/mol. The third kappa shape index (κ3) is 2.39. The fourth-order valence-corrected chi connectivity index (χ4v) is 2.91. The van der Waals surface area contributed by atoms with Crippen LogP contribution in [0.15, 0.2) is 18.2 Å². The lowest BCUT2D eigenvalue weighted by Crippen LogP contribution is -2.52. The number of nitrogens with two attached hydrogens (primary N) is 1. The summed E-state index contributed by atoms with van der Waals surface area (Å²) in [7, 11) is 0. The number of para-hydroxylation sites is 1. The Kier molecular flexibility index (Phi) is 3.40. The van der Waals surface area contributed by atoms with Crippen molar-refractivity contribution < 1.29 is 4.79 Å². The molecule has 5 nitrogen and oxygen atoms in total. The molecular formula is C14H17ClN4O. The van der Waals surface area contributed by atoms with Gasteiger partial charge in [-0.05, 0) is 25.0 Å². The smallest absolute Gasteiger partial charge is 0.246 e. The van der Waals surface area contributed by atoms with E-state index < -0.39 is 5.54 Å². The lowest BCUT2D eigenvalue weighted by atomic mass is 9.82. The number of aromatic amines is 1. The Morgan fingerprint density at radius 2 is 2.10 bits per heavy atom. The molecule has 0 atom stereocenters. The number of aromatic nitrogens is 2. The van der Waals surface area contributed by atoms with Crippen molar-refractivity contribution in [2.75, 3.05) is 5.32 Å². The average Bonchev–Trinajstić information content (AvgIpc) is 2.83. The van der Waals surface area contributed by atoms with Crippen molar-refractivity contribution in [2.45, 2.75) is 37.6 Å². The van der Waals surface area contributed by atoms with Crippen LogP contribution in [0, 0.1) is 0 Å². The van der Waals surface area contributed by atoms with E-state index in [0.29, 0.717) is 16.5 Å². The normalized spacial score (nSPS) is 18.1. The van der Waals surface area contributed by atoms with Crippen LogP contribution in [0.1, 0.15) is 32.1 Å². The van der Waals surface area contributed by atoms with Crippen molar-refractivity contribution in [1.29, 1.82) is 0 Å². The summed E-state index contributed by atoms with van der Waals surface area (Å²) in [6.07, 6.45) is 4.58. The van der Waals surface area contributed by atoms with Crippen molar-refractivity contribution in [3.8, 4) is 0 Å². The topological polar surface area (TPSA) is 83.8 Å². The molecule has 1 aromatic heterocycles. The minimum absolute atomic E-state index is 0.174. The Balaban J connectivity index is 1.82. The third-order valence-electron chi connectivity index (χ3n) is 3.89. The molecule has 2 aromatic rings. The molecule has 0 bridgehead atoms. The predicted molar refractivity (Wildman–Crippen MR) is 79.7 cm³/mol. The average molecular weight is 293 g/mol. The van der Waals surface area contributed by atoms with Gasteiger partial charge in [0.1, 0.15) is 5.52 Å². The van der Waals surface area contributed by atoms with E-state index >= 15 is 0 Å². The summed E-state index contributed by atoms with van der Waals surface area (Å²) in [5.41, 5.74) is 6.86. The zero-order valence-corrected chi connectivity index (χ0v) is 11.8. The second kappa shape index (κ2) is 5.07.